The lowest BCUT2D eigenvalue weighted by Crippen LogP contribution is -2.52. The van der Waals surface area contributed by atoms with Gasteiger partial charge in [0.05, 0.1) is 0 Å². The Bertz CT molecular complexity index is 634. The van der Waals surface area contributed by atoms with E-state index in [4.69, 9.17) is 0 Å². The van der Waals surface area contributed by atoms with Gasteiger partial charge in [-0.25, -0.2) is 0 Å². The second-order valence-electron chi connectivity index (χ2n) is 6.24. The third kappa shape index (κ3) is 3.99. The van der Waals surface area contributed by atoms with Gasteiger partial charge in [0.25, 0.3) is 0 Å². The van der Waals surface area contributed by atoms with E-state index in [1.165, 1.54) is 19.1 Å². The van der Waals surface area contributed by atoms with Crippen LogP contribution in [0, 0.1) is 10.8 Å². The number of hydrogen-bond acceptors (Lipinski definition) is 0. The smallest absolute Gasteiger partial charge is 0.169 e. The monoisotopic (exact) mass is 362 g/mol. The third-order valence-corrected chi connectivity index (χ3v) is 3.85. The number of rotatable bonds is 4. The molecule has 0 saturated heterocycles. The molecule has 1 aliphatic carbocycles. The highest BCUT2D eigenvalue weighted by atomic mass is 19.4. The highest BCUT2D eigenvalue weighted by Gasteiger charge is 2.73. The molecule has 0 aromatic heterocycles. The first-order valence-electron chi connectivity index (χ1n) is 7.52. The summed E-state index contributed by atoms with van der Waals surface area (Å²) in [6, 6.07) is 0. The molecule has 0 atom stereocenters. The van der Waals surface area contributed by atoms with Crippen LogP contribution in [0.25, 0.3) is 0 Å². The van der Waals surface area contributed by atoms with E-state index < -0.39 is 34.3 Å². The molecular formula is C19H20F6. The summed E-state index contributed by atoms with van der Waals surface area (Å²) < 4.78 is 83.7. The second kappa shape index (κ2) is 7.10. The Morgan fingerprint density at radius 1 is 1.04 bits per heavy atom. The average Bonchev–Trinajstić information content (AvgIpc) is 2.58. The first kappa shape index (κ1) is 21.1. The van der Waals surface area contributed by atoms with Gasteiger partial charge >= 0.3 is 12.4 Å². The van der Waals surface area contributed by atoms with E-state index in [1.807, 2.05) is 0 Å². The SMILES string of the molecule is C=C/C=C(\C=C/C)C(C1=CC=CC(C)(C)C=C1)(C(F)(F)F)C(F)(F)F. The molecule has 0 N–H and O–H groups in total. The minimum absolute atomic E-state index is 0.663. The molecule has 0 aromatic carbocycles. The van der Waals surface area contributed by atoms with E-state index in [-0.39, 0.29) is 0 Å². The van der Waals surface area contributed by atoms with E-state index in [0.717, 1.165) is 36.5 Å². The Hall–Kier alpha value is -1.98. The van der Waals surface area contributed by atoms with Crippen molar-refractivity contribution in [1.29, 1.82) is 0 Å². The van der Waals surface area contributed by atoms with Crippen molar-refractivity contribution >= 4 is 0 Å². The Labute approximate surface area is 143 Å². The van der Waals surface area contributed by atoms with Crippen LogP contribution in [-0.2, 0) is 0 Å². The van der Waals surface area contributed by atoms with E-state index >= 15 is 0 Å². The van der Waals surface area contributed by atoms with Gasteiger partial charge in [-0.15, -0.1) is 0 Å². The van der Waals surface area contributed by atoms with Crippen molar-refractivity contribution in [2.45, 2.75) is 33.1 Å². The van der Waals surface area contributed by atoms with E-state index in [1.54, 1.807) is 19.9 Å². The van der Waals surface area contributed by atoms with Crippen LogP contribution in [0.4, 0.5) is 26.3 Å². The number of halogens is 6. The second-order valence-corrected chi connectivity index (χ2v) is 6.24. The van der Waals surface area contributed by atoms with Crippen LogP contribution < -0.4 is 0 Å². The fourth-order valence-electron chi connectivity index (χ4n) is 2.66. The molecule has 6 heteroatoms. The summed E-state index contributed by atoms with van der Waals surface area (Å²) in [6.07, 6.45) is -1.71. The summed E-state index contributed by atoms with van der Waals surface area (Å²) in [5.41, 5.74) is -6.64. The molecule has 0 fully saturated rings. The van der Waals surface area contributed by atoms with Gasteiger partial charge in [-0.1, -0.05) is 75.1 Å². The standard InChI is InChI=1S/C19H20F6/c1-5-8-14(9-6-2)17(18(20,21)22,19(23,24)25)15-10-7-12-16(3,4)13-11-15/h5-13H,1H2,2-4H3/b9-6-,14-8+. The summed E-state index contributed by atoms with van der Waals surface area (Å²) in [4.78, 5) is 0. The quantitative estimate of drug-likeness (QED) is 0.378. The van der Waals surface area contributed by atoms with Gasteiger partial charge in [0.1, 0.15) is 0 Å². The zero-order valence-electron chi connectivity index (χ0n) is 14.2. The molecule has 138 valence electrons. The van der Waals surface area contributed by atoms with Crippen molar-refractivity contribution in [2.24, 2.45) is 10.8 Å². The van der Waals surface area contributed by atoms with Crippen LogP contribution in [-0.4, -0.2) is 12.4 Å². The van der Waals surface area contributed by atoms with Crippen molar-refractivity contribution in [3.8, 4) is 0 Å². The van der Waals surface area contributed by atoms with Crippen molar-refractivity contribution in [2.75, 3.05) is 0 Å². The molecule has 1 aliphatic rings. The molecule has 0 aliphatic heterocycles. The molecule has 0 aromatic rings. The van der Waals surface area contributed by atoms with Crippen molar-refractivity contribution in [3.05, 3.63) is 72.4 Å². The largest absolute Gasteiger partial charge is 0.411 e. The predicted octanol–water partition coefficient (Wildman–Crippen LogP) is 6.86. The first-order chi connectivity index (χ1) is 11.3. The van der Waals surface area contributed by atoms with E-state index in [2.05, 4.69) is 6.58 Å². The maximum Gasteiger partial charge on any atom is 0.411 e. The molecule has 0 nitrogen and oxygen atoms in total. The maximum atomic E-state index is 13.9. The number of alkyl halides is 6. The van der Waals surface area contributed by atoms with Gasteiger partial charge < -0.3 is 0 Å². The Kier molecular flexibility index (Phi) is 5.98. The zero-order valence-corrected chi connectivity index (χ0v) is 14.2. The van der Waals surface area contributed by atoms with Crippen LogP contribution in [0.15, 0.2) is 72.4 Å². The summed E-state index contributed by atoms with van der Waals surface area (Å²) >= 11 is 0. The average molecular weight is 362 g/mol. The molecule has 0 bridgehead atoms. The van der Waals surface area contributed by atoms with Crippen molar-refractivity contribution in [1.82, 2.24) is 0 Å². The zero-order chi connectivity index (χ0) is 19.5. The Morgan fingerprint density at radius 3 is 2.04 bits per heavy atom. The number of allylic oxidation sites excluding steroid dienone is 11. The van der Waals surface area contributed by atoms with Crippen LogP contribution in [0.2, 0.25) is 0 Å². The lowest BCUT2D eigenvalue weighted by molar-refractivity contribution is -0.308. The van der Waals surface area contributed by atoms with Crippen LogP contribution >= 0.6 is 0 Å². The lowest BCUT2D eigenvalue weighted by Gasteiger charge is -2.39. The molecule has 0 spiro atoms. The van der Waals surface area contributed by atoms with Crippen LogP contribution in [0.3, 0.4) is 0 Å². The predicted molar refractivity (Wildman–Crippen MR) is 87.8 cm³/mol. The van der Waals surface area contributed by atoms with Crippen LogP contribution in [0.1, 0.15) is 20.8 Å². The first-order valence-corrected chi connectivity index (χ1v) is 7.52. The van der Waals surface area contributed by atoms with Gasteiger partial charge in [-0.05, 0) is 18.1 Å². The van der Waals surface area contributed by atoms with Crippen molar-refractivity contribution in [3.63, 3.8) is 0 Å². The highest BCUT2D eigenvalue weighted by Crippen LogP contribution is 2.60. The topological polar surface area (TPSA) is 0 Å². The molecule has 0 unspecified atom stereocenters. The summed E-state index contributed by atoms with van der Waals surface area (Å²) in [6.45, 7) is 7.98. The molecule has 1 rings (SSSR count). The van der Waals surface area contributed by atoms with Crippen LogP contribution in [0.5, 0.6) is 0 Å². The fraction of sp³-hybridized carbons (Fsp3) is 0.368. The maximum absolute atomic E-state index is 13.9. The van der Waals surface area contributed by atoms with Gasteiger partial charge in [0, 0.05) is 5.41 Å². The minimum atomic E-state index is -5.60. The van der Waals surface area contributed by atoms with Crippen molar-refractivity contribution < 1.29 is 26.3 Å². The number of hydrogen-bond donors (Lipinski definition) is 0. The van der Waals surface area contributed by atoms with Gasteiger partial charge in [0.15, 0.2) is 0 Å². The lowest BCUT2D eigenvalue weighted by atomic mass is 9.71. The summed E-state index contributed by atoms with van der Waals surface area (Å²) in [7, 11) is 0. The van der Waals surface area contributed by atoms with Gasteiger partial charge in [-0.2, -0.15) is 26.3 Å². The van der Waals surface area contributed by atoms with E-state index in [9.17, 15) is 26.3 Å². The molecular weight excluding hydrogens is 342 g/mol. The molecule has 25 heavy (non-hydrogen) atoms. The third-order valence-electron chi connectivity index (χ3n) is 3.85. The van der Waals surface area contributed by atoms with Gasteiger partial charge in [0.2, 0.25) is 5.41 Å². The molecule has 0 saturated carbocycles. The molecule has 0 amide bonds. The normalized spacial score (nSPS) is 19.1. The van der Waals surface area contributed by atoms with Gasteiger partial charge in [-0.3, -0.25) is 0 Å². The molecule has 0 heterocycles. The molecule has 0 radical (unpaired) electrons. The Balaban J connectivity index is 3.93. The summed E-state index contributed by atoms with van der Waals surface area (Å²) in [5.74, 6) is 0. The van der Waals surface area contributed by atoms with E-state index in [0.29, 0.717) is 0 Å². The highest BCUT2D eigenvalue weighted by molar-refractivity contribution is 5.49. The summed E-state index contributed by atoms with van der Waals surface area (Å²) in [5, 5.41) is 0. The Morgan fingerprint density at radius 2 is 1.60 bits per heavy atom. The minimum Gasteiger partial charge on any atom is -0.169 e. The fourth-order valence-corrected chi connectivity index (χ4v) is 2.66.